The highest BCUT2D eigenvalue weighted by atomic mass is 35.5. The Balaban J connectivity index is 1.55. The minimum Gasteiger partial charge on any atom is -0.488 e. The van der Waals surface area contributed by atoms with Gasteiger partial charge in [0.15, 0.2) is 5.76 Å². The van der Waals surface area contributed by atoms with Crippen LogP contribution in [0.25, 0.3) is 6.08 Å². The number of hydrogen-bond donors (Lipinski definition) is 0. The van der Waals surface area contributed by atoms with E-state index in [1.165, 1.54) is 12.1 Å². The number of nitro benzene ring substituents is 1. The highest BCUT2D eigenvalue weighted by molar-refractivity contribution is 6.30. The van der Waals surface area contributed by atoms with Crippen LogP contribution < -0.4 is 9.47 Å². The number of halogens is 1. The lowest BCUT2D eigenvalue weighted by atomic mass is 10.1. The molecule has 3 aromatic rings. The fourth-order valence-electron chi connectivity index (χ4n) is 3.16. The number of ketones is 1. The molecule has 0 radical (unpaired) electrons. The average molecular weight is 422 g/mol. The van der Waals surface area contributed by atoms with Crippen molar-refractivity contribution in [1.29, 1.82) is 0 Å². The summed E-state index contributed by atoms with van der Waals surface area (Å²) in [5, 5.41) is 11.4. The fraction of sp³-hybridized carbons (Fsp3) is 0.0870. The van der Waals surface area contributed by atoms with Crippen molar-refractivity contribution >= 4 is 29.1 Å². The lowest BCUT2D eigenvalue weighted by molar-refractivity contribution is -0.384. The Bertz CT molecular complexity index is 1180. The van der Waals surface area contributed by atoms with Crippen LogP contribution in [0.2, 0.25) is 5.02 Å². The molecule has 3 aromatic carbocycles. The summed E-state index contributed by atoms with van der Waals surface area (Å²) in [6.45, 7) is 2.16. The molecule has 0 spiro atoms. The standard InChI is InChI=1S/C23H16ClNO5/c1-14-20(29-13-16-3-2-4-17(24)11-16)10-9-19-22(26)21(30-23(14)19)12-15-5-7-18(8-6-15)25(27)28/h2-12H,13H2,1H3/b21-12-. The minimum atomic E-state index is -0.474. The van der Waals surface area contributed by atoms with Crippen molar-refractivity contribution in [2.24, 2.45) is 0 Å². The molecule has 0 fully saturated rings. The predicted molar refractivity (Wildman–Crippen MR) is 113 cm³/mol. The third-order valence-corrected chi connectivity index (χ3v) is 4.96. The SMILES string of the molecule is Cc1c(OCc2cccc(Cl)c2)ccc2c1O/C(=C\c1ccc([N+](=O)[O-])cc1)C2=O. The molecule has 0 amide bonds. The maximum atomic E-state index is 12.7. The molecule has 1 aliphatic heterocycles. The number of carbonyl (C=O) groups is 1. The molecule has 0 unspecified atom stereocenters. The quantitative estimate of drug-likeness (QED) is 0.297. The van der Waals surface area contributed by atoms with Gasteiger partial charge in [0.2, 0.25) is 5.78 Å². The van der Waals surface area contributed by atoms with Crippen LogP contribution in [0, 0.1) is 17.0 Å². The molecule has 1 heterocycles. The number of fused-ring (bicyclic) bond motifs is 1. The van der Waals surface area contributed by atoms with Gasteiger partial charge in [-0.1, -0.05) is 23.7 Å². The Morgan fingerprint density at radius 2 is 1.90 bits per heavy atom. The summed E-state index contributed by atoms with van der Waals surface area (Å²) in [5.41, 5.74) is 2.71. The molecule has 0 bridgehead atoms. The first-order chi connectivity index (χ1) is 14.4. The van der Waals surface area contributed by atoms with Crippen LogP contribution in [0.3, 0.4) is 0 Å². The Morgan fingerprint density at radius 1 is 1.13 bits per heavy atom. The van der Waals surface area contributed by atoms with Gasteiger partial charge in [0, 0.05) is 22.7 Å². The van der Waals surface area contributed by atoms with Crippen LogP contribution >= 0.6 is 11.6 Å². The van der Waals surface area contributed by atoms with Gasteiger partial charge in [-0.25, -0.2) is 0 Å². The number of nitrogens with zero attached hydrogens (tertiary/aromatic N) is 1. The van der Waals surface area contributed by atoms with Gasteiger partial charge in [0.05, 0.1) is 10.5 Å². The lowest BCUT2D eigenvalue weighted by Crippen LogP contribution is -1.98. The van der Waals surface area contributed by atoms with Crippen LogP contribution in [-0.2, 0) is 6.61 Å². The summed E-state index contributed by atoms with van der Waals surface area (Å²) in [6.07, 6.45) is 1.57. The number of nitro groups is 1. The van der Waals surface area contributed by atoms with Crippen LogP contribution in [0.4, 0.5) is 5.69 Å². The number of benzene rings is 3. The van der Waals surface area contributed by atoms with Gasteiger partial charge in [-0.3, -0.25) is 14.9 Å². The smallest absolute Gasteiger partial charge is 0.269 e. The van der Waals surface area contributed by atoms with E-state index < -0.39 is 4.92 Å². The number of ether oxygens (including phenoxy) is 2. The van der Waals surface area contributed by atoms with Gasteiger partial charge in [0.1, 0.15) is 18.1 Å². The first-order valence-corrected chi connectivity index (χ1v) is 9.50. The lowest BCUT2D eigenvalue weighted by Gasteiger charge is -2.11. The second-order valence-corrected chi connectivity index (χ2v) is 7.21. The zero-order valence-corrected chi connectivity index (χ0v) is 16.7. The number of allylic oxidation sites excluding steroid dienone is 1. The first kappa shape index (κ1) is 19.7. The van der Waals surface area contributed by atoms with Crippen molar-refractivity contribution in [1.82, 2.24) is 0 Å². The van der Waals surface area contributed by atoms with E-state index in [-0.39, 0.29) is 17.2 Å². The Labute approximate surface area is 177 Å². The number of Topliss-reactive ketones (excluding diaryl/α,β-unsaturated/α-hetero) is 1. The third-order valence-electron chi connectivity index (χ3n) is 4.72. The van der Waals surface area contributed by atoms with E-state index in [9.17, 15) is 14.9 Å². The van der Waals surface area contributed by atoms with Crippen molar-refractivity contribution in [3.05, 3.63) is 104 Å². The van der Waals surface area contributed by atoms with Crippen LogP contribution in [0.5, 0.6) is 11.5 Å². The van der Waals surface area contributed by atoms with E-state index in [4.69, 9.17) is 21.1 Å². The number of carbonyl (C=O) groups excluding carboxylic acids is 1. The second kappa shape index (κ2) is 8.00. The molecule has 6 nitrogen and oxygen atoms in total. The van der Waals surface area contributed by atoms with E-state index >= 15 is 0 Å². The highest BCUT2D eigenvalue weighted by Crippen LogP contribution is 2.39. The summed E-state index contributed by atoms with van der Waals surface area (Å²) < 4.78 is 11.7. The third kappa shape index (κ3) is 3.90. The topological polar surface area (TPSA) is 78.7 Å². The van der Waals surface area contributed by atoms with E-state index in [0.29, 0.717) is 34.3 Å². The molecule has 0 N–H and O–H groups in total. The molecule has 0 saturated carbocycles. The highest BCUT2D eigenvalue weighted by Gasteiger charge is 2.30. The zero-order chi connectivity index (χ0) is 21.3. The summed E-state index contributed by atoms with van der Waals surface area (Å²) in [7, 11) is 0. The van der Waals surface area contributed by atoms with Gasteiger partial charge in [-0.05, 0) is 60.5 Å². The predicted octanol–water partition coefficient (Wildman–Crippen LogP) is 5.75. The van der Waals surface area contributed by atoms with Crippen LogP contribution in [0.1, 0.15) is 27.0 Å². The maximum absolute atomic E-state index is 12.7. The van der Waals surface area contributed by atoms with Gasteiger partial charge in [-0.2, -0.15) is 0 Å². The molecule has 1 aliphatic rings. The summed E-state index contributed by atoms with van der Waals surface area (Å²) in [5.74, 6) is 0.983. The monoisotopic (exact) mass is 421 g/mol. The molecule has 0 aliphatic carbocycles. The Morgan fingerprint density at radius 3 is 2.60 bits per heavy atom. The van der Waals surface area contributed by atoms with Gasteiger partial charge < -0.3 is 9.47 Å². The summed E-state index contributed by atoms with van der Waals surface area (Å²) in [4.78, 5) is 23.0. The minimum absolute atomic E-state index is 0.0172. The molecule has 30 heavy (non-hydrogen) atoms. The van der Waals surface area contributed by atoms with Crippen molar-refractivity contribution in [2.45, 2.75) is 13.5 Å². The summed E-state index contributed by atoms with van der Waals surface area (Å²) >= 11 is 6.00. The van der Waals surface area contributed by atoms with Crippen LogP contribution in [0.15, 0.2) is 66.4 Å². The van der Waals surface area contributed by atoms with E-state index in [1.807, 2.05) is 25.1 Å². The number of rotatable bonds is 5. The molecule has 0 saturated heterocycles. The number of hydrogen-bond acceptors (Lipinski definition) is 5. The maximum Gasteiger partial charge on any atom is 0.269 e. The van der Waals surface area contributed by atoms with Gasteiger partial charge >= 0.3 is 0 Å². The number of non-ortho nitro benzene ring substituents is 1. The van der Waals surface area contributed by atoms with Gasteiger partial charge in [0.25, 0.3) is 5.69 Å². The fourth-order valence-corrected chi connectivity index (χ4v) is 3.37. The zero-order valence-electron chi connectivity index (χ0n) is 15.9. The van der Waals surface area contributed by atoms with Crippen molar-refractivity contribution in [2.75, 3.05) is 0 Å². The summed E-state index contributed by atoms with van der Waals surface area (Å²) in [6, 6.07) is 16.7. The molecule has 4 rings (SSSR count). The van der Waals surface area contributed by atoms with Crippen molar-refractivity contribution in [3.8, 4) is 11.5 Å². The van der Waals surface area contributed by atoms with Crippen molar-refractivity contribution in [3.63, 3.8) is 0 Å². The second-order valence-electron chi connectivity index (χ2n) is 6.77. The molecular formula is C23H16ClNO5. The van der Waals surface area contributed by atoms with E-state index in [2.05, 4.69) is 0 Å². The molecular weight excluding hydrogens is 406 g/mol. The molecule has 0 atom stereocenters. The molecule has 7 heteroatoms. The largest absolute Gasteiger partial charge is 0.488 e. The Hall–Kier alpha value is -3.64. The Kier molecular flexibility index (Phi) is 5.25. The van der Waals surface area contributed by atoms with E-state index in [0.717, 1.165) is 11.1 Å². The molecule has 150 valence electrons. The molecule has 0 aromatic heterocycles. The van der Waals surface area contributed by atoms with Gasteiger partial charge in [-0.15, -0.1) is 0 Å². The average Bonchev–Trinajstić information content (AvgIpc) is 3.04. The van der Waals surface area contributed by atoms with Crippen molar-refractivity contribution < 1.29 is 19.2 Å². The normalized spacial score (nSPS) is 13.8. The first-order valence-electron chi connectivity index (χ1n) is 9.12. The van der Waals surface area contributed by atoms with E-state index in [1.54, 1.807) is 36.4 Å². The van der Waals surface area contributed by atoms with Crippen LogP contribution in [-0.4, -0.2) is 10.7 Å².